The third-order valence-corrected chi connectivity index (χ3v) is 3.97. The van der Waals surface area contributed by atoms with Gasteiger partial charge in [-0.25, -0.2) is 0 Å². The zero-order chi connectivity index (χ0) is 16.4. The smallest absolute Gasteiger partial charge is 0.228 e. The zero-order valence-corrected chi connectivity index (χ0v) is 13.6. The molecule has 0 saturated carbocycles. The van der Waals surface area contributed by atoms with Crippen LogP contribution in [0.15, 0.2) is 42.5 Å². The zero-order valence-electron chi connectivity index (χ0n) is 13.6. The highest BCUT2D eigenvalue weighted by atomic mass is 16.5. The van der Waals surface area contributed by atoms with Gasteiger partial charge in [0.25, 0.3) is 0 Å². The van der Waals surface area contributed by atoms with E-state index in [1.54, 1.807) is 7.11 Å². The van der Waals surface area contributed by atoms with E-state index in [0.29, 0.717) is 6.42 Å². The Kier molecular flexibility index (Phi) is 4.06. The second-order valence-electron chi connectivity index (χ2n) is 5.73. The quantitative estimate of drug-likeness (QED) is 0.766. The van der Waals surface area contributed by atoms with Crippen LogP contribution in [-0.2, 0) is 11.2 Å². The molecule has 1 aromatic heterocycles. The first kappa shape index (κ1) is 15.2. The number of carbonyl (C=O) groups is 1. The normalized spacial score (nSPS) is 10.7. The van der Waals surface area contributed by atoms with Crippen molar-refractivity contribution < 1.29 is 9.53 Å². The number of aromatic amines is 1. The monoisotopic (exact) mass is 308 g/mol. The van der Waals surface area contributed by atoms with Gasteiger partial charge in [0.1, 0.15) is 5.75 Å². The SMILES string of the molecule is COc1cccc(NC(=O)Cc2c(C)[nH]c3ccc(C)cc23)c1. The summed E-state index contributed by atoms with van der Waals surface area (Å²) in [5, 5.41) is 4.04. The lowest BCUT2D eigenvalue weighted by molar-refractivity contribution is -0.115. The Labute approximate surface area is 135 Å². The van der Waals surface area contributed by atoms with Crippen molar-refractivity contribution in [2.45, 2.75) is 20.3 Å². The highest BCUT2D eigenvalue weighted by molar-refractivity contribution is 5.96. The number of fused-ring (bicyclic) bond motifs is 1. The number of hydrogen-bond acceptors (Lipinski definition) is 2. The maximum absolute atomic E-state index is 12.4. The van der Waals surface area contributed by atoms with E-state index < -0.39 is 0 Å². The molecular weight excluding hydrogens is 288 g/mol. The Morgan fingerprint density at radius 3 is 2.78 bits per heavy atom. The fourth-order valence-electron chi connectivity index (χ4n) is 2.79. The molecule has 1 heterocycles. The van der Waals surface area contributed by atoms with Crippen molar-refractivity contribution in [3.63, 3.8) is 0 Å². The van der Waals surface area contributed by atoms with Gasteiger partial charge in [0, 0.05) is 28.4 Å². The van der Waals surface area contributed by atoms with E-state index in [1.165, 1.54) is 5.56 Å². The highest BCUT2D eigenvalue weighted by Crippen LogP contribution is 2.24. The number of carbonyl (C=O) groups excluding carboxylic acids is 1. The van der Waals surface area contributed by atoms with Gasteiger partial charge in [0.2, 0.25) is 5.91 Å². The van der Waals surface area contributed by atoms with E-state index in [9.17, 15) is 4.79 Å². The van der Waals surface area contributed by atoms with Crippen molar-refractivity contribution in [2.75, 3.05) is 12.4 Å². The summed E-state index contributed by atoms with van der Waals surface area (Å²) < 4.78 is 5.18. The van der Waals surface area contributed by atoms with Crippen LogP contribution in [0.4, 0.5) is 5.69 Å². The van der Waals surface area contributed by atoms with E-state index >= 15 is 0 Å². The van der Waals surface area contributed by atoms with Crippen LogP contribution in [0.2, 0.25) is 0 Å². The van der Waals surface area contributed by atoms with Crippen LogP contribution in [0.3, 0.4) is 0 Å². The fourth-order valence-corrected chi connectivity index (χ4v) is 2.79. The second-order valence-corrected chi connectivity index (χ2v) is 5.73. The number of ether oxygens (including phenoxy) is 1. The van der Waals surface area contributed by atoms with Crippen LogP contribution in [-0.4, -0.2) is 18.0 Å². The van der Waals surface area contributed by atoms with Gasteiger partial charge in [-0.3, -0.25) is 4.79 Å². The van der Waals surface area contributed by atoms with Gasteiger partial charge in [-0.2, -0.15) is 0 Å². The molecule has 23 heavy (non-hydrogen) atoms. The molecule has 1 amide bonds. The maximum Gasteiger partial charge on any atom is 0.228 e. The minimum atomic E-state index is -0.0382. The number of aryl methyl sites for hydroxylation is 2. The van der Waals surface area contributed by atoms with Gasteiger partial charge in [-0.1, -0.05) is 17.7 Å². The number of anilines is 1. The molecule has 4 heteroatoms. The molecule has 3 aromatic rings. The molecule has 3 rings (SSSR count). The molecule has 118 valence electrons. The Balaban J connectivity index is 1.82. The van der Waals surface area contributed by atoms with Gasteiger partial charge >= 0.3 is 0 Å². The number of rotatable bonds is 4. The van der Waals surface area contributed by atoms with Crippen molar-refractivity contribution in [1.82, 2.24) is 4.98 Å². The molecule has 2 N–H and O–H groups in total. The van der Waals surface area contributed by atoms with Crippen molar-refractivity contribution in [1.29, 1.82) is 0 Å². The molecule has 0 radical (unpaired) electrons. The average Bonchev–Trinajstić information content (AvgIpc) is 2.83. The summed E-state index contributed by atoms with van der Waals surface area (Å²) in [7, 11) is 1.61. The van der Waals surface area contributed by atoms with Crippen LogP contribution in [0.25, 0.3) is 10.9 Å². The van der Waals surface area contributed by atoms with E-state index in [1.807, 2.05) is 31.2 Å². The number of amides is 1. The first-order valence-electron chi connectivity index (χ1n) is 7.58. The molecule has 0 spiro atoms. The largest absolute Gasteiger partial charge is 0.497 e. The van der Waals surface area contributed by atoms with Crippen molar-refractivity contribution >= 4 is 22.5 Å². The predicted molar refractivity (Wildman–Crippen MR) is 93.1 cm³/mol. The lowest BCUT2D eigenvalue weighted by Gasteiger charge is -2.07. The number of hydrogen-bond donors (Lipinski definition) is 2. The minimum Gasteiger partial charge on any atom is -0.497 e. The molecule has 0 unspecified atom stereocenters. The van der Waals surface area contributed by atoms with Gasteiger partial charge < -0.3 is 15.0 Å². The molecule has 0 aliphatic heterocycles. The number of H-pyrrole nitrogens is 1. The molecule has 0 bridgehead atoms. The first-order chi connectivity index (χ1) is 11.1. The van der Waals surface area contributed by atoms with Gasteiger partial charge in [-0.15, -0.1) is 0 Å². The van der Waals surface area contributed by atoms with Gasteiger partial charge in [-0.05, 0) is 43.7 Å². The lowest BCUT2D eigenvalue weighted by atomic mass is 10.1. The van der Waals surface area contributed by atoms with Crippen LogP contribution < -0.4 is 10.1 Å². The maximum atomic E-state index is 12.4. The van der Waals surface area contributed by atoms with E-state index in [4.69, 9.17) is 4.74 Å². The van der Waals surface area contributed by atoms with Crippen LogP contribution in [0.1, 0.15) is 16.8 Å². The fraction of sp³-hybridized carbons (Fsp3) is 0.211. The molecule has 0 fully saturated rings. The summed E-state index contributed by atoms with van der Waals surface area (Å²) in [6.07, 6.45) is 0.340. The van der Waals surface area contributed by atoms with Crippen LogP contribution >= 0.6 is 0 Å². The van der Waals surface area contributed by atoms with E-state index in [0.717, 1.165) is 33.6 Å². The molecule has 0 saturated heterocycles. The van der Waals surface area contributed by atoms with E-state index in [-0.39, 0.29) is 5.91 Å². The van der Waals surface area contributed by atoms with Crippen molar-refractivity contribution in [3.05, 3.63) is 59.3 Å². The van der Waals surface area contributed by atoms with E-state index in [2.05, 4.69) is 35.4 Å². The third kappa shape index (κ3) is 3.21. The van der Waals surface area contributed by atoms with Gasteiger partial charge in [0.05, 0.1) is 13.5 Å². The lowest BCUT2D eigenvalue weighted by Crippen LogP contribution is -2.14. The Hall–Kier alpha value is -2.75. The van der Waals surface area contributed by atoms with Gasteiger partial charge in [0.15, 0.2) is 0 Å². The number of benzene rings is 2. The van der Waals surface area contributed by atoms with Crippen molar-refractivity contribution in [2.24, 2.45) is 0 Å². The molecule has 0 atom stereocenters. The molecule has 2 aromatic carbocycles. The Bertz CT molecular complexity index is 865. The predicted octanol–water partition coefficient (Wildman–Crippen LogP) is 3.97. The van der Waals surface area contributed by atoms with Crippen LogP contribution in [0.5, 0.6) is 5.75 Å². The summed E-state index contributed by atoms with van der Waals surface area (Å²) in [4.78, 5) is 15.7. The Morgan fingerprint density at radius 1 is 1.17 bits per heavy atom. The molecule has 0 aliphatic rings. The molecule has 4 nitrogen and oxygen atoms in total. The minimum absolute atomic E-state index is 0.0382. The third-order valence-electron chi connectivity index (χ3n) is 3.97. The summed E-state index contributed by atoms with van der Waals surface area (Å²) in [6.45, 7) is 4.06. The molecule has 0 aliphatic carbocycles. The van der Waals surface area contributed by atoms with Crippen molar-refractivity contribution in [3.8, 4) is 5.75 Å². The number of aromatic nitrogens is 1. The Morgan fingerprint density at radius 2 is 2.00 bits per heavy atom. The number of nitrogens with one attached hydrogen (secondary N) is 2. The second kappa shape index (κ2) is 6.16. The first-order valence-corrected chi connectivity index (χ1v) is 7.58. The summed E-state index contributed by atoms with van der Waals surface area (Å²) in [5.41, 5.74) is 5.07. The summed E-state index contributed by atoms with van der Waals surface area (Å²) >= 11 is 0. The topological polar surface area (TPSA) is 54.1 Å². The average molecular weight is 308 g/mol. The molecular formula is C19H20N2O2. The standard InChI is InChI=1S/C19H20N2O2/c1-12-7-8-18-17(9-12)16(13(2)20-18)11-19(22)21-14-5-4-6-15(10-14)23-3/h4-10,20H,11H2,1-3H3,(H,21,22). The number of methoxy groups -OCH3 is 1. The van der Waals surface area contributed by atoms with Crippen LogP contribution in [0, 0.1) is 13.8 Å². The summed E-state index contributed by atoms with van der Waals surface area (Å²) in [6, 6.07) is 13.6. The summed E-state index contributed by atoms with van der Waals surface area (Å²) in [5.74, 6) is 0.686. The highest BCUT2D eigenvalue weighted by Gasteiger charge is 2.13.